The standard InChI is InChI=1S/C13H11BrCl2N2O2S/c1-2-18(10-3-5-17-6-4-10)21(19,20)13-11(15)7-9(14)8-12(13)16/h3-8H,2H2,1H3. The molecule has 4 nitrogen and oxygen atoms in total. The normalized spacial score (nSPS) is 11.4. The summed E-state index contributed by atoms with van der Waals surface area (Å²) in [6, 6.07) is 6.23. The first-order chi connectivity index (χ1) is 9.87. The Labute approximate surface area is 141 Å². The lowest BCUT2D eigenvalue weighted by molar-refractivity contribution is 0.592. The molecule has 8 heteroatoms. The smallest absolute Gasteiger partial charge is 0.266 e. The third-order valence-corrected chi connectivity index (χ3v) is 6.03. The van der Waals surface area contributed by atoms with Crippen molar-refractivity contribution < 1.29 is 8.42 Å². The number of sulfonamides is 1. The fourth-order valence-electron chi connectivity index (χ4n) is 1.89. The fraction of sp³-hybridized carbons (Fsp3) is 0.154. The van der Waals surface area contributed by atoms with Crippen molar-refractivity contribution in [1.29, 1.82) is 0 Å². The Hall–Kier alpha value is -0.820. The first-order valence-corrected chi connectivity index (χ1v) is 8.94. The number of hydrogen-bond donors (Lipinski definition) is 0. The number of rotatable bonds is 4. The maximum Gasteiger partial charge on any atom is 0.267 e. The van der Waals surface area contributed by atoms with Crippen LogP contribution in [-0.2, 0) is 10.0 Å². The van der Waals surface area contributed by atoms with Crippen molar-refractivity contribution in [3.8, 4) is 0 Å². The summed E-state index contributed by atoms with van der Waals surface area (Å²) >= 11 is 15.4. The molecule has 1 heterocycles. The Bertz CT molecular complexity index is 731. The van der Waals surface area contributed by atoms with Crippen LogP contribution in [0.5, 0.6) is 0 Å². The quantitative estimate of drug-likeness (QED) is 0.753. The Morgan fingerprint density at radius 3 is 2.19 bits per heavy atom. The lowest BCUT2D eigenvalue weighted by Crippen LogP contribution is -2.31. The maximum absolute atomic E-state index is 12.8. The van der Waals surface area contributed by atoms with E-state index in [-0.39, 0.29) is 21.5 Å². The molecule has 0 unspecified atom stereocenters. The molecular weight excluding hydrogens is 399 g/mol. The zero-order chi connectivity index (χ0) is 15.6. The largest absolute Gasteiger partial charge is 0.267 e. The molecule has 0 amide bonds. The first kappa shape index (κ1) is 16.5. The number of hydrogen-bond acceptors (Lipinski definition) is 3. The van der Waals surface area contributed by atoms with Gasteiger partial charge in [-0.05, 0) is 31.2 Å². The van der Waals surface area contributed by atoms with Gasteiger partial charge in [-0.1, -0.05) is 39.1 Å². The Morgan fingerprint density at radius 2 is 1.71 bits per heavy atom. The molecule has 1 aromatic carbocycles. The van der Waals surface area contributed by atoms with Crippen LogP contribution in [0.2, 0.25) is 10.0 Å². The van der Waals surface area contributed by atoms with Crippen LogP contribution in [-0.4, -0.2) is 19.9 Å². The average Bonchev–Trinajstić information content (AvgIpc) is 2.38. The number of benzene rings is 1. The van der Waals surface area contributed by atoms with Gasteiger partial charge < -0.3 is 0 Å². The second-order valence-electron chi connectivity index (χ2n) is 4.07. The van der Waals surface area contributed by atoms with E-state index in [1.807, 2.05) is 0 Å². The zero-order valence-corrected chi connectivity index (χ0v) is 14.8. The van der Waals surface area contributed by atoms with Crippen LogP contribution < -0.4 is 4.31 Å². The number of aromatic nitrogens is 1. The summed E-state index contributed by atoms with van der Waals surface area (Å²) in [5.41, 5.74) is 0.502. The van der Waals surface area contributed by atoms with Crippen molar-refractivity contribution in [1.82, 2.24) is 4.98 Å². The lowest BCUT2D eigenvalue weighted by atomic mass is 10.4. The van der Waals surface area contributed by atoms with E-state index in [0.717, 1.165) is 0 Å². The van der Waals surface area contributed by atoms with E-state index in [1.165, 1.54) is 28.8 Å². The van der Waals surface area contributed by atoms with Crippen molar-refractivity contribution in [2.24, 2.45) is 0 Å². The SMILES string of the molecule is CCN(c1ccncc1)S(=O)(=O)c1c(Cl)cc(Br)cc1Cl. The van der Waals surface area contributed by atoms with Gasteiger partial charge in [0.15, 0.2) is 0 Å². The van der Waals surface area contributed by atoms with Gasteiger partial charge in [-0.3, -0.25) is 9.29 Å². The maximum atomic E-state index is 12.8. The summed E-state index contributed by atoms with van der Waals surface area (Å²) in [7, 11) is -3.86. The van der Waals surface area contributed by atoms with Crippen LogP contribution in [0.15, 0.2) is 46.0 Å². The monoisotopic (exact) mass is 408 g/mol. The van der Waals surface area contributed by atoms with Gasteiger partial charge in [0.05, 0.1) is 15.7 Å². The van der Waals surface area contributed by atoms with Crippen molar-refractivity contribution >= 4 is 54.8 Å². The van der Waals surface area contributed by atoms with Crippen molar-refractivity contribution in [2.45, 2.75) is 11.8 Å². The molecular formula is C13H11BrCl2N2O2S. The Balaban J connectivity index is 2.61. The molecule has 2 rings (SSSR count). The minimum absolute atomic E-state index is 0.0712. The summed E-state index contributed by atoms with van der Waals surface area (Å²) in [4.78, 5) is 3.78. The summed E-state index contributed by atoms with van der Waals surface area (Å²) in [6.45, 7) is 1.98. The van der Waals surface area contributed by atoms with Gasteiger partial charge in [-0.25, -0.2) is 8.42 Å². The summed E-state index contributed by atoms with van der Waals surface area (Å²) in [5, 5.41) is 0.142. The Morgan fingerprint density at radius 1 is 1.19 bits per heavy atom. The van der Waals surface area contributed by atoms with E-state index < -0.39 is 10.0 Å². The summed E-state index contributed by atoms with van der Waals surface area (Å²) in [6.07, 6.45) is 3.05. The molecule has 0 aliphatic carbocycles. The number of anilines is 1. The molecule has 0 aliphatic heterocycles. The molecule has 2 aromatic rings. The van der Waals surface area contributed by atoms with E-state index in [2.05, 4.69) is 20.9 Å². The summed E-state index contributed by atoms with van der Waals surface area (Å²) in [5.74, 6) is 0. The molecule has 0 saturated carbocycles. The molecule has 0 bridgehead atoms. The van der Waals surface area contributed by atoms with Gasteiger partial charge >= 0.3 is 0 Å². The molecule has 1 aromatic heterocycles. The minimum Gasteiger partial charge on any atom is -0.266 e. The third-order valence-electron chi connectivity index (χ3n) is 2.75. The fourth-order valence-corrected chi connectivity index (χ4v) is 5.25. The second kappa shape index (κ2) is 6.52. The molecule has 112 valence electrons. The van der Waals surface area contributed by atoms with Crippen LogP contribution >= 0.6 is 39.1 Å². The predicted molar refractivity (Wildman–Crippen MR) is 88.6 cm³/mol. The number of pyridine rings is 1. The number of nitrogens with zero attached hydrogens (tertiary/aromatic N) is 2. The lowest BCUT2D eigenvalue weighted by Gasteiger charge is -2.23. The highest BCUT2D eigenvalue weighted by Crippen LogP contribution is 2.36. The van der Waals surface area contributed by atoms with Crippen LogP contribution in [0.1, 0.15) is 6.92 Å². The van der Waals surface area contributed by atoms with E-state index in [1.54, 1.807) is 19.1 Å². The van der Waals surface area contributed by atoms with E-state index in [4.69, 9.17) is 23.2 Å². The molecule has 21 heavy (non-hydrogen) atoms. The van der Waals surface area contributed by atoms with Gasteiger partial charge in [0, 0.05) is 23.4 Å². The van der Waals surface area contributed by atoms with Gasteiger partial charge in [0.1, 0.15) is 4.90 Å². The molecule has 0 fully saturated rings. The number of halogens is 3. The predicted octanol–water partition coefficient (Wildman–Crippen LogP) is 4.37. The molecule has 0 aliphatic rings. The van der Waals surface area contributed by atoms with E-state index in [9.17, 15) is 8.42 Å². The Kier molecular flexibility index (Phi) is 5.14. The molecule has 0 spiro atoms. The van der Waals surface area contributed by atoms with E-state index in [0.29, 0.717) is 10.2 Å². The van der Waals surface area contributed by atoms with Gasteiger partial charge in [-0.15, -0.1) is 0 Å². The highest BCUT2D eigenvalue weighted by atomic mass is 79.9. The van der Waals surface area contributed by atoms with Gasteiger partial charge in [-0.2, -0.15) is 0 Å². The van der Waals surface area contributed by atoms with Crippen molar-refractivity contribution in [3.63, 3.8) is 0 Å². The average molecular weight is 410 g/mol. The van der Waals surface area contributed by atoms with E-state index >= 15 is 0 Å². The molecule has 0 saturated heterocycles. The van der Waals surface area contributed by atoms with Crippen LogP contribution in [0.4, 0.5) is 5.69 Å². The minimum atomic E-state index is -3.86. The molecule has 0 atom stereocenters. The summed E-state index contributed by atoms with van der Waals surface area (Å²) < 4.78 is 27.5. The van der Waals surface area contributed by atoms with Crippen LogP contribution in [0.25, 0.3) is 0 Å². The zero-order valence-electron chi connectivity index (χ0n) is 10.9. The first-order valence-electron chi connectivity index (χ1n) is 5.95. The van der Waals surface area contributed by atoms with Crippen LogP contribution in [0.3, 0.4) is 0 Å². The van der Waals surface area contributed by atoms with Gasteiger partial charge in [0.2, 0.25) is 0 Å². The van der Waals surface area contributed by atoms with Crippen LogP contribution in [0, 0.1) is 0 Å². The van der Waals surface area contributed by atoms with Gasteiger partial charge in [0.25, 0.3) is 10.0 Å². The third kappa shape index (κ3) is 3.34. The van der Waals surface area contributed by atoms with Crippen molar-refractivity contribution in [3.05, 3.63) is 51.2 Å². The topological polar surface area (TPSA) is 50.3 Å². The van der Waals surface area contributed by atoms with Crippen molar-refractivity contribution in [2.75, 3.05) is 10.8 Å². The second-order valence-corrected chi connectivity index (χ2v) is 7.60. The molecule has 0 radical (unpaired) electrons. The molecule has 0 N–H and O–H groups in total. The highest BCUT2D eigenvalue weighted by Gasteiger charge is 2.29. The highest BCUT2D eigenvalue weighted by molar-refractivity contribution is 9.10.